The Kier molecular flexibility index (Phi) is 6.37. The fourth-order valence-electron chi connectivity index (χ4n) is 3.83. The largest absolute Gasteiger partial charge is 0.465 e. The van der Waals surface area contributed by atoms with Crippen molar-refractivity contribution in [2.75, 3.05) is 5.75 Å². The summed E-state index contributed by atoms with van der Waals surface area (Å²) in [6.45, 7) is 5.43. The Morgan fingerprint density at radius 2 is 1.71 bits per heavy atom. The summed E-state index contributed by atoms with van der Waals surface area (Å²) in [6, 6.07) is 3.61. The summed E-state index contributed by atoms with van der Waals surface area (Å²) in [5.74, 6) is -0.435. The number of nitrogens with zero attached hydrogens (tertiary/aromatic N) is 1. The smallest absolute Gasteiger partial charge is 0.416 e. The van der Waals surface area contributed by atoms with Crippen LogP contribution in [0.15, 0.2) is 29.2 Å². The summed E-state index contributed by atoms with van der Waals surface area (Å²) in [4.78, 5) is 12.7. The Balaban J connectivity index is 2.07. The highest BCUT2D eigenvalue weighted by Gasteiger charge is 2.37. The topological polar surface area (TPSA) is 74.7 Å². The van der Waals surface area contributed by atoms with Gasteiger partial charge >= 0.3 is 12.3 Å². The van der Waals surface area contributed by atoms with E-state index in [0.717, 1.165) is 12.1 Å². The number of sulfone groups is 1. The van der Waals surface area contributed by atoms with Crippen LogP contribution in [-0.2, 0) is 16.0 Å². The molecule has 5 nitrogen and oxygen atoms in total. The fourth-order valence-corrected chi connectivity index (χ4v) is 5.57. The molecule has 0 atom stereocenters. The van der Waals surface area contributed by atoms with Gasteiger partial charge in [-0.15, -0.1) is 0 Å². The van der Waals surface area contributed by atoms with E-state index in [1.54, 1.807) is 0 Å². The summed E-state index contributed by atoms with van der Waals surface area (Å²) in [5.41, 5.74) is -1.55. The molecule has 9 heteroatoms. The van der Waals surface area contributed by atoms with Gasteiger partial charge in [-0.1, -0.05) is 6.07 Å². The molecule has 1 aliphatic rings. The molecule has 1 fully saturated rings. The molecule has 0 radical (unpaired) electrons. The Labute approximate surface area is 163 Å². The summed E-state index contributed by atoms with van der Waals surface area (Å²) in [6.07, 6.45) is -3.51. The maximum atomic E-state index is 12.8. The first-order valence-corrected chi connectivity index (χ1v) is 10.8. The van der Waals surface area contributed by atoms with Crippen LogP contribution in [0.3, 0.4) is 0 Å². The van der Waals surface area contributed by atoms with Crippen molar-refractivity contribution >= 4 is 15.9 Å². The Morgan fingerprint density at radius 1 is 1.14 bits per heavy atom. The van der Waals surface area contributed by atoms with E-state index in [2.05, 4.69) is 0 Å². The number of hydrogen-bond acceptors (Lipinski definition) is 3. The van der Waals surface area contributed by atoms with Gasteiger partial charge in [0.15, 0.2) is 9.84 Å². The van der Waals surface area contributed by atoms with Crippen molar-refractivity contribution < 1.29 is 31.5 Å². The molecule has 1 amide bonds. The highest BCUT2D eigenvalue weighted by atomic mass is 32.2. The van der Waals surface area contributed by atoms with Crippen LogP contribution in [0.2, 0.25) is 0 Å². The van der Waals surface area contributed by atoms with Gasteiger partial charge in [-0.25, -0.2) is 13.2 Å². The van der Waals surface area contributed by atoms with E-state index >= 15 is 0 Å². The number of carboxylic acid groups (broad SMARTS) is 1. The highest BCUT2D eigenvalue weighted by Crippen LogP contribution is 2.34. The quantitative estimate of drug-likeness (QED) is 0.757. The number of amides is 1. The molecule has 0 unspecified atom stereocenters. The minimum Gasteiger partial charge on any atom is -0.465 e. The van der Waals surface area contributed by atoms with E-state index in [1.165, 1.54) is 11.0 Å². The van der Waals surface area contributed by atoms with Gasteiger partial charge in [0.05, 0.1) is 16.2 Å². The molecule has 1 aromatic rings. The van der Waals surface area contributed by atoms with Gasteiger partial charge in [-0.3, -0.25) is 0 Å². The molecule has 1 N–H and O–H groups in total. The van der Waals surface area contributed by atoms with Crippen LogP contribution in [0.25, 0.3) is 0 Å². The highest BCUT2D eigenvalue weighted by molar-refractivity contribution is 7.91. The number of halogens is 3. The van der Waals surface area contributed by atoms with Crippen molar-refractivity contribution in [1.82, 2.24) is 4.90 Å². The molecule has 158 valence electrons. The first kappa shape index (κ1) is 22.5. The second-order valence-corrected chi connectivity index (χ2v) is 10.3. The lowest BCUT2D eigenvalue weighted by Gasteiger charge is -2.42. The van der Waals surface area contributed by atoms with Gasteiger partial charge in [-0.2, -0.15) is 13.2 Å². The van der Waals surface area contributed by atoms with Gasteiger partial charge < -0.3 is 10.0 Å². The molecule has 0 saturated heterocycles. The van der Waals surface area contributed by atoms with E-state index in [0.29, 0.717) is 31.7 Å². The summed E-state index contributed by atoms with van der Waals surface area (Å²) >= 11 is 0. The lowest BCUT2D eigenvalue weighted by Crippen LogP contribution is -2.52. The second-order valence-electron chi connectivity index (χ2n) is 8.30. The molecular formula is C19H26F3NO4S. The number of rotatable bonds is 4. The molecule has 0 aliphatic heterocycles. The maximum Gasteiger partial charge on any atom is 0.416 e. The summed E-state index contributed by atoms with van der Waals surface area (Å²) in [7, 11) is -3.86. The van der Waals surface area contributed by atoms with Gasteiger partial charge in [0.1, 0.15) is 0 Å². The first-order chi connectivity index (χ1) is 12.7. The van der Waals surface area contributed by atoms with E-state index < -0.39 is 33.2 Å². The maximum absolute atomic E-state index is 12.8. The monoisotopic (exact) mass is 421 g/mol. The van der Waals surface area contributed by atoms with Crippen LogP contribution in [0.4, 0.5) is 18.0 Å². The lowest BCUT2D eigenvalue weighted by molar-refractivity contribution is -0.137. The van der Waals surface area contributed by atoms with Crippen molar-refractivity contribution in [2.24, 2.45) is 5.92 Å². The minimum atomic E-state index is -4.60. The normalized spacial score (nSPS) is 21.4. The third-order valence-corrected chi connectivity index (χ3v) is 6.97. The van der Waals surface area contributed by atoms with E-state index in [4.69, 9.17) is 0 Å². The number of benzene rings is 1. The van der Waals surface area contributed by atoms with Crippen LogP contribution < -0.4 is 0 Å². The average Bonchev–Trinajstić information content (AvgIpc) is 2.54. The van der Waals surface area contributed by atoms with Crippen LogP contribution >= 0.6 is 0 Å². The van der Waals surface area contributed by atoms with Crippen molar-refractivity contribution in [3.05, 3.63) is 29.8 Å². The molecule has 0 bridgehead atoms. The molecule has 28 heavy (non-hydrogen) atoms. The third-order valence-electron chi connectivity index (χ3n) is 5.09. The van der Waals surface area contributed by atoms with Gasteiger partial charge in [0.2, 0.25) is 0 Å². The van der Waals surface area contributed by atoms with E-state index in [9.17, 15) is 31.5 Å². The molecular weight excluding hydrogens is 395 g/mol. The predicted molar refractivity (Wildman–Crippen MR) is 98.9 cm³/mol. The zero-order valence-electron chi connectivity index (χ0n) is 16.2. The Hall–Kier alpha value is -1.77. The molecule has 0 heterocycles. The van der Waals surface area contributed by atoms with Crippen LogP contribution in [0.1, 0.15) is 52.0 Å². The van der Waals surface area contributed by atoms with Gasteiger partial charge in [-0.05, 0) is 70.6 Å². The number of hydrogen-bond donors (Lipinski definition) is 1. The predicted octanol–water partition coefficient (Wildman–Crippen LogP) is 4.82. The average molecular weight is 421 g/mol. The van der Waals surface area contributed by atoms with Gasteiger partial charge in [0, 0.05) is 11.6 Å². The third kappa shape index (κ3) is 5.40. The second kappa shape index (κ2) is 7.93. The number of carbonyl (C=O) groups is 1. The summed E-state index contributed by atoms with van der Waals surface area (Å²) in [5, 5.41) is 9.49. The zero-order valence-corrected chi connectivity index (χ0v) is 17.0. The number of alkyl halides is 3. The van der Waals surface area contributed by atoms with Crippen LogP contribution in [-0.4, -0.2) is 41.9 Å². The fraction of sp³-hybridized carbons (Fsp3) is 0.632. The lowest BCUT2D eigenvalue weighted by atomic mass is 9.85. The molecule has 1 aromatic carbocycles. The minimum absolute atomic E-state index is 0.190. The van der Waals surface area contributed by atoms with Crippen LogP contribution in [0.5, 0.6) is 0 Å². The molecule has 2 rings (SSSR count). The van der Waals surface area contributed by atoms with E-state index in [-0.39, 0.29) is 22.6 Å². The van der Waals surface area contributed by atoms with Crippen molar-refractivity contribution in [3.63, 3.8) is 0 Å². The van der Waals surface area contributed by atoms with Crippen molar-refractivity contribution in [1.29, 1.82) is 0 Å². The van der Waals surface area contributed by atoms with E-state index in [1.807, 2.05) is 20.8 Å². The van der Waals surface area contributed by atoms with Gasteiger partial charge in [0.25, 0.3) is 0 Å². The Bertz CT molecular complexity index is 807. The van der Waals surface area contributed by atoms with Crippen LogP contribution in [0, 0.1) is 5.92 Å². The molecule has 1 aliphatic carbocycles. The SMILES string of the molecule is CC(C)(C)N(C(=O)O)C1CCC(CS(=O)(=O)c2cccc(C(F)(F)F)c2)CC1. The molecule has 0 aromatic heterocycles. The molecule has 0 spiro atoms. The standard InChI is InChI=1S/C19H26F3NO4S/c1-18(2,3)23(17(24)25)15-9-7-13(8-10-15)12-28(26,27)16-6-4-5-14(11-16)19(20,21)22/h4-6,11,13,15H,7-10,12H2,1-3H3,(H,24,25). The molecule has 1 saturated carbocycles. The summed E-state index contributed by atoms with van der Waals surface area (Å²) < 4.78 is 63.7. The Morgan fingerprint density at radius 3 is 2.18 bits per heavy atom. The zero-order chi connectivity index (χ0) is 21.3. The van der Waals surface area contributed by atoms with Crippen molar-refractivity contribution in [3.8, 4) is 0 Å². The van der Waals surface area contributed by atoms with Crippen molar-refractivity contribution in [2.45, 2.75) is 69.1 Å². The first-order valence-electron chi connectivity index (χ1n) is 9.14.